The molecule has 0 saturated carbocycles. The van der Waals surface area contributed by atoms with Gasteiger partial charge in [-0.05, 0) is 36.8 Å². The van der Waals surface area contributed by atoms with Gasteiger partial charge in [-0.3, -0.25) is 0 Å². The number of nitrogens with one attached hydrogen (secondary N) is 1. The Morgan fingerprint density at radius 2 is 1.76 bits per heavy atom. The van der Waals surface area contributed by atoms with Crippen LogP contribution in [0.15, 0.2) is 54.6 Å². The van der Waals surface area contributed by atoms with Crippen LogP contribution in [0.25, 0.3) is 11.1 Å². The van der Waals surface area contributed by atoms with Gasteiger partial charge < -0.3 is 24.6 Å². The first-order valence-electron chi connectivity index (χ1n) is 10.7. The van der Waals surface area contributed by atoms with Crippen molar-refractivity contribution in [3.63, 3.8) is 0 Å². The van der Waals surface area contributed by atoms with Gasteiger partial charge in [0.15, 0.2) is 5.11 Å². The van der Waals surface area contributed by atoms with Crippen LogP contribution in [0.4, 0.5) is 10.7 Å². The quantitative estimate of drug-likeness (QED) is 0.405. The van der Waals surface area contributed by atoms with Crippen LogP contribution in [0.3, 0.4) is 0 Å². The summed E-state index contributed by atoms with van der Waals surface area (Å²) >= 11 is 7.26. The molecule has 4 rings (SSSR count). The number of ether oxygens (including phenoxy) is 2. The molecule has 0 bridgehead atoms. The first-order valence-corrected chi connectivity index (χ1v) is 12.0. The molecule has 0 atom stereocenters. The molecule has 0 unspecified atom stereocenters. The molecule has 1 aliphatic rings. The number of carbonyl (C=O) groups is 1. The Hall–Kier alpha value is -3.10. The van der Waals surface area contributed by atoms with Crippen LogP contribution in [0.1, 0.15) is 15.2 Å². The second kappa shape index (κ2) is 10.2. The van der Waals surface area contributed by atoms with Crippen LogP contribution in [0, 0.1) is 6.92 Å². The van der Waals surface area contributed by atoms with Crippen molar-refractivity contribution in [3.8, 4) is 16.9 Å². The highest BCUT2D eigenvalue weighted by atomic mass is 32.1. The predicted octanol–water partition coefficient (Wildman–Crippen LogP) is 5.04. The lowest BCUT2D eigenvalue weighted by Crippen LogP contribution is -2.50. The Kier molecular flexibility index (Phi) is 7.15. The number of hydrogen-bond acceptors (Lipinski definition) is 6. The molecule has 1 aliphatic heterocycles. The van der Waals surface area contributed by atoms with Gasteiger partial charge in [0.25, 0.3) is 0 Å². The van der Waals surface area contributed by atoms with Gasteiger partial charge in [-0.25, -0.2) is 4.79 Å². The number of rotatable bonds is 5. The third-order valence-corrected chi connectivity index (χ3v) is 7.12. The summed E-state index contributed by atoms with van der Waals surface area (Å²) in [7, 11) is 3.09. The SMILES string of the molecule is COC(=O)c1c(NC(=S)N2CCN(c3cccc(OC)c3)CC2)sc(C)c1-c1ccccc1. The first kappa shape index (κ1) is 23.1. The number of carbonyl (C=O) groups excluding carboxylic acids is 1. The number of piperazine rings is 1. The van der Waals surface area contributed by atoms with E-state index in [4.69, 9.17) is 21.7 Å². The maximum absolute atomic E-state index is 12.7. The highest BCUT2D eigenvalue weighted by Gasteiger charge is 2.26. The summed E-state index contributed by atoms with van der Waals surface area (Å²) in [5.74, 6) is 0.482. The molecule has 1 saturated heterocycles. The number of aryl methyl sites for hydroxylation is 1. The topological polar surface area (TPSA) is 54.0 Å². The molecule has 1 fully saturated rings. The molecule has 0 amide bonds. The summed E-state index contributed by atoms with van der Waals surface area (Å²) in [4.78, 5) is 18.2. The van der Waals surface area contributed by atoms with Crippen molar-refractivity contribution in [1.29, 1.82) is 0 Å². The third-order valence-electron chi connectivity index (χ3n) is 5.74. The molecule has 2 aromatic carbocycles. The Bertz CT molecular complexity index is 1140. The molecule has 3 aromatic rings. The van der Waals surface area contributed by atoms with Crippen LogP contribution in [0.2, 0.25) is 0 Å². The molecule has 0 aliphatic carbocycles. The van der Waals surface area contributed by atoms with Crippen LogP contribution in [0.5, 0.6) is 5.75 Å². The molecule has 8 heteroatoms. The molecule has 1 N–H and O–H groups in total. The zero-order valence-electron chi connectivity index (χ0n) is 19.0. The van der Waals surface area contributed by atoms with Crippen molar-refractivity contribution in [2.75, 3.05) is 50.6 Å². The molecule has 0 radical (unpaired) electrons. The molecule has 33 heavy (non-hydrogen) atoms. The maximum atomic E-state index is 12.7. The minimum atomic E-state index is -0.369. The monoisotopic (exact) mass is 481 g/mol. The summed E-state index contributed by atoms with van der Waals surface area (Å²) in [5, 5.41) is 4.67. The second-order valence-electron chi connectivity index (χ2n) is 7.70. The molecule has 1 aromatic heterocycles. The second-order valence-corrected chi connectivity index (χ2v) is 9.31. The van der Waals surface area contributed by atoms with Crippen LogP contribution >= 0.6 is 23.6 Å². The van der Waals surface area contributed by atoms with Crippen LogP contribution in [-0.2, 0) is 4.74 Å². The number of methoxy groups -OCH3 is 2. The Balaban J connectivity index is 1.49. The van der Waals surface area contributed by atoms with Crippen molar-refractivity contribution in [2.45, 2.75) is 6.92 Å². The molecule has 2 heterocycles. The van der Waals surface area contributed by atoms with E-state index in [2.05, 4.69) is 27.2 Å². The van der Waals surface area contributed by atoms with Crippen LogP contribution < -0.4 is 15.0 Å². The van der Waals surface area contributed by atoms with E-state index in [9.17, 15) is 4.79 Å². The highest BCUT2D eigenvalue weighted by Crippen LogP contribution is 2.40. The fraction of sp³-hybridized carbons (Fsp3) is 0.280. The summed E-state index contributed by atoms with van der Waals surface area (Å²) in [6.45, 7) is 5.27. The smallest absolute Gasteiger partial charge is 0.341 e. The number of thiophene rings is 1. The number of anilines is 2. The van der Waals surface area contributed by atoms with Crippen molar-refractivity contribution >= 4 is 45.3 Å². The summed E-state index contributed by atoms with van der Waals surface area (Å²) < 4.78 is 10.5. The van der Waals surface area contributed by atoms with Gasteiger partial charge in [-0.1, -0.05) is 36.4 Å². The molecule has 172 valence electrons. The zero-order valence-corrected chi connectivity index (χ0v) is 20.6. The van der Waals surface area contributed by atoms with E-state index >= 15 is 0 Å². The average Bonchev–Trinajstić information content (AvgIpc) is 3.19. The molecular weight excluding hydrogens is 454 g/mol. The summed E-state index contributed by atoms with van der Waals surface area (Å²) in [5.41, 5.74) is 3.55. The van der Waals surface area contributed by atoms with E-state index in [-0.39, 0.29) is 5.97 Å². The molecule has 0 spiro atoms. The van der Waals surface area contributed by atoms with E-state index in [0.29, 0.717) is 10.7 Å². The van der Waals surface area contributed by atoms with Crippen molar-refractivity contribution in [2.24, 2.45) is 0 Å². The van der Waals surface area contributed by atoms with Gasteiger partial charge in [0.2, 0.25) is 0 Å². The van der Waals surface area contributed by atoms with E-state index in [1.165, 1.54) is 18.4 Å². The number of hydrogen-bond donors (Lipinski definition) is 1. The van der Waals surface area contributed by atoms with Gasteiger partial charge in [-0.2, -0.15) is 0 Å². The normalized spacial score (nSPS) is 13.5. The number of nitrogens with zero attached hydrogens (tertiary/aromatic N) is 2. The average molecular weight is 482 g/mol. The highest BCUT2D eigenvalue weighted by molar-refractivity contribution is 7.80. The van der Waals surface area contributed by atoms with Gasteiger partial charge in [0.05, 0.1) is 14.2 Å². The predicted molar refractivity (Wildman–Crippen MR) is 139 cm³/mol. The van der Waals surface area contributed by atoms with Gasteiger partial charge >= 0.3 is 5.97 Å². The lowest BCUT2D eigenvalue weighted by molar-refractivity contribution is 0.0603. The standard InChI is InChI=1S/C25H27N3O3S2/c1-17-21(18-8-5-4-6-9-18)22(24(29)31-3)23(33-17)26-25(32)28-14-12-27(13-15-28)19-10-7-11-20(16-19)30-2/h4-11,16H,12-15H2,1-3H3,(H,26,32). The minimum Gasteiger partial charge on any atom is -0.497 e. The fourth-order valence-corrected chi connectivity index (χ4v) is 5.45. The number of esters is 1. The molecular formula is C25H27N3O3S2. The van der Waals surface area contributed by atoms with Crippen molar-refractivity contribution in [3.05, 3.63) is 65.0 Å². The largest absolute Gasteiger partial charge is 0.497 e. The van der Waals surface area contributed by atoms with E-state index in [1.54, 1.807) is 7.11 Å². The Labute approximate surface area is 203 Å². The fourth-order valence-electron chi connectivity index (χ4n) is 4.03. The summed E-state index contributed by atoms with van der Waals surface area (Å²) in [6, 6.07) is 18.0. The van der Waals surface area contributed by atoms with Crippen LogP contribution in [-0.4, -0.2) is 56.4 Å². The molecule has 6 nitrogen and oxygen atoms in total. The van der Waals surface area contributed by atoms with Crippen molar-refractivity contribution in [1.82, 2.24) is 4.90 Å². The van der Waals surface area contributed by atoms with Gasteiger partial charge in [-0.15, -0.1) is 11.3 Å². The third kappa shape index (κ3) is 4.96. The van der Waals surface area contributed by atoms with Crippen molar-refractivity contribution < 1.29 is 14.3 Å². The lowest BCUT2D eigenvalue weighted by Gasteiger charge is -2.37. The number of benzene rings is 2. The first-order chi connectivity index (χ1) is 16.0. The minimum absolute atomic E-state index is 0.369. The summed E-state index contributed by atoms with van der Waals surface area (Å²) in [6.07, 6.45) is 0. The van der Waals surface area contributed by atoms with E-state index < -0.39 is 0 Å². The number of thiocarbonyl (C=S) groups is 1. The van der Waals surface area contributed by atoms with E-state index in [0.717, 1.165) is 58.6 Å². The Morgan fingerprint density at radius 3 is 2.42 bits per heavy atom. The maximum Gasteiger partial charge on any atom is 0.341 e. The van der Waals surface area contributed by atoms with Gasteiger partial charge in [0, 0.05) is 48.4 Å². The lowest BCUT2D eigenvalue weighted by atomic mass is 10.0. The van der Waals surface area contributed by atoms with Gasteiger partial charge in [0.1, 0.15) is 16.3 Å². The van der Waals surface area contributed by atoms with E-state index in [1.807, 2.05) is 49.4 Å². The Morgan fingerprint density at radius 1 is 1.03 bits per heavy atom. The zero-order chi connectivity index (χ0) is 23.4.